The van der Waals surface area contributed by atoms with Crippen LogP contribution in [0.15, 0.2) is 12.1 Å². The summed E-state index contributed by atoms with van der Waals surface area (Å²) in [7, 11) is 1.75. The highest BCUT2D eigenvalue weighted by atomic mass is 35.5. The fourth-order valence-corrected chi connectivity index (χ4v) is 3.02. The molecule has 1 aromatic rings. The van der Waals surface area contributed by atoms with Gasteiger partial charge in [0.15, 0.2) is 5.78 Å². The zero-order valence-corrected chi connectivity index (χ0v) is 11.4. The first kappa shape index (κ1) is 13.0. The van der Waals surface area contributed by atoms with Crippen molar-refractivity contribution in [1.29, 1.82) is 0 Å². The molecule has 0 atom stereocenters. The van der Waals surface area contributed by atoms with Gasteiger partial charge < -0.3 is 4.74 Å². The van der Waals surface area contributed by atoms with E-state index in [1.165, 1.54) is 11.3 Å². The van der Waals surface area contributed by atoms with E-state index in [0.717, 1.165) is 30.8 Å². The van der Waals surface area contributed by atoms with E-state index >= 15 is 0 Å². The van der Waals surface area contributed by atoms with Crippen LogP contribution in [0.25, 0.3) is 0 Å². The Morgan fingerprint density at radius 1 is 1.53 bits per heavy atom. The van der Waals surface area contributed by atoms with Crippen molar-refractivity contribution in [2.45, 2.75) is 18.9 Å². The Kier molecular flexibility index (Phi) is 4.56. The van der Waals surface area contributed by atoms with Crippen molar-refractivity contribution in [1.82, 2.24) is 4.90 Å². The number of likely N-dealkylation sites (tertiary alicyclic amines) is 1. The molecule has 1 aliphatic heterocycles. The summed E-state index contributed by atoms with van der Waals surface area (Å²) in [6.07, 6.45) is 2.38. The Morgan fingerprint density at radius 2 is 2.24 bits per heavy atom. The Balaban J connectivity index is 1.84. The van der Waals surface area contributed by atoms with Crippen molar-refractivity contribution in [3.8, 4) is 0 Å². The first-order chi connectivity index (χ1) is 8.19. The van der Waals surface area contributed by atoms with Gasteiger partial charge in [0, 0.05) is 20.2 Å². The van der Waals surface area contributed by atoms with Gasteiger partial charge in [0.05, 0.1) is 21.9 Å². The van der Waals surface area contributed by atoms with E-state index in [1.54, 1.807) is 19.2 Å². The van der Waals surface area contributed by atoms with Crippen LogP contribution in [-0.2, 0) is 4.74 Å². The summed E-state index contributed by atoms with van der Waals surface area (Å²) in [5.41, 5.74) is 0. The van der Waals surface area contributed by atoms with Gasteiger partial charge in [-0.3, -0.25) is 9.69 Å². The number of hydrogen-bond acceptors (Lipinski definition) is 4. The number of methoxy groups -OCH3 is 1. The van der Waals surface area contributed by atoms with Crippen LogP contribution in [0.2, 0.25) is 4.34 Å². The second-order valence-corrected chi connectivity index (χ2v) is 5.95. The molecule has 1 aliphatic rings. The predicted octanol–water partition coefficient (Wildman–Crippen LogP) is 2.70. The van der Waals surface area contributed by atoms with E-state index in [0.29, 0.717) is 17.0 Å². The van der Waals surface area contributed by atoms with Gasteiger partial charge in [0.25, 0.3) is 0 Å². The van der Waals surface area contributed by atoms with Gasteiger partial charge in [-0.25, -0.2) is 0 Å². The summed E-state index contributed by atoms with van der Waals surface area (Å²) in [5.74, 6) is 0.165. The standard InChI is InChI=1S/C12H16ClNO2S/c1-16-9-4-6-14(7-5-9)8-10(15)11-2-3-12(13)17-11/h2-3,9H,4-8H2,1H3. The molecule has 2 heterocycles. The average molecular weight is 274 g/mol. The van der Waals surface area contributed by atoms with E-state index in [2.05, 4.69) is 4.90 Å². The highest BCUT2D eigenvalue weighted by Gasteiger charge is 2.21. The van der Waals surface area contributed by atoms with Gasteiger partial charge in [0.2, 0.25) is 0 Å². The number of piperidine rings is 1. The number of rotatable bonds is 4. The van der Waals surface area contributed by atoms with Crippen LogP contribution in [-0.4, -0.2) is 43.5 Å². The summed E-state index contributed by atoms with van der Waals surface area (Å²) in [6.45, 7) is 2.36. The third-order valence-electron chi connectivity index (χ3n) is 3.08. The van der Waals surface area contributed by atoms with Crippen LogP contribution in [0.1, 0.15) is 22.5 Å². The highest BCUT2D eigenvalue weighted by molar-refractivity contribution is 7.18. The molecular formula is C12H16ClNO2S. The van der Waals surface area contributed by atoms with Gasteiger partial charge in [0.1, 0.15) is 0 Å². The van der Waals surface area contributed by atoms with E-state index in [4.69, 9.17) is 16.3 Å². The summed E-state index contributed by atoms with van der Waals surface area (Å²) >= 11 is 7.18. The Bertz CT molecular complexity index is 386. The Hall–Kier alpha value is -0.420. The quantitative estimate of drug-likeness (QED) is 0.790. The molecule has 94 valence electrons. The molecule has 3 nitrogen and oxygen atoms in total. The number of carbonyl (C=O) groups excluding carboxylic acids is 1. The second kappa shape index (κ2) is 5.96. The van der Waals surface area contributed by atoms with Crippen LogP contribution in [0, 0.1) is 0 Å². The number of hydrogen-bond donors (Lipinski definition) is 0. The van der Waals surface area contributed by atoms with Gasteiger partial charge in [-0.15, -0.1) is 11.3 Å². The molecular weight excluding hydrogens is 258 g/mol. The van der Waals surface area contributed by atoms with Gasteiger partial charge in [-0.05, 0) is 25.0 Å². The van der Waals surface area contributed by atoms with Gasteiger partial charge in [-0.1, -0.05) is 11.6 Å². The maximum absolute atomic E-state index is 12.0. The van der Waals surface area contributed by atoms with Crippen molar-refractivity contribution < 1.29 is 9.53 Å². The molecule has 0 N–H and O–H groups in total. The monoisotopic (exact) mass is 273 g/mol. The predicted molar refractivity (Wildman–Crippen MR) is 70.1 cm³/mol. The Labute approximate surface area is 110 Å². The molecule has 0 bridgehead atoms. The number of carbonyl (C=O) groups is 1. The molecule has 0 amide bonds. The second-order valence-electron chi connectivity index (χ2n) is 4.24. The largest absolute Gasteiger partial charge is 0.381 e. The molecule has 17 heavy (non-hydrogen) atoms. The molecule has 2 rings (SSSR count). The highest BCUT2D eigenvalue weighted by Crippen LogP contribution is 2.22. The fourth-order valence-electron chi connectivity index (χ4n) is 2.05. The van der Waals surface area contributed by atoms with E-state index in [-0.39, 0.29) is 5.78 Å². The minimum absolute atomic E-state index is 0.165. The fraction of sp³-hybridized carbons (Fsp3) is 0.583. The lowest BCUT2D eigenvalue weighted by atomic mass is 10.1. The summed E-state index contributed by atoms with van der Waals surface area (Å²) < 4.78 is 5.98. The summed E-state index contributed by atoms with van der Waals surface area (Å²) in [6, 6.07) is 3.58. The van der Waals surface area contributed by atoms with Crippen LogP contribution >= 0.6 is 22.9 Å². The molecule has 5 heteroatoms. The molecule has 0 radical (unpaired) electrons. The zero-order valence-electron chi connectivity index (χ0n) is 9.82. The van der Waals surface area contributed by atoms with E-state index in [9.17, 15) is 4.79 Å². The number of thiophene rings is 1. The van der Waals surface area contributed by atoms with Crippen molar-refractivity contribution in [2.75, 3.05) is 26.7 Å². The molecule has 1 fully saturated rings. The van der Waals surface area contributed by atoms with E-state index in [1.807, 2.05) is 0 Å². The minimum Gasteiger partial charge on any atom is -0.381 e. The number of halogens is 1. The molecule has 1 aromatic heterocycles. The van der Waals surface area contributed by atoms with Crippen molar-refractivity contribution in [3.05, 3.63) is 21.3 Å². The zero-order chi connectivity index (χ0) is 12.3. The molecule has 0 aromatic carbocycles. The topological polar surface area (TPSA) is 29.5 Å². The SMILES string of the molecule is COC1CCN(CC(=O)c2ccc(Cl)s2)CC1. The van der Waals surface area contributed by atoms with Crippen LogP contribution in [0.5, 0.6) is 0 Å². The smallest absolute Gasteiger partial charge is 0.186 e. The third kappa shape index (κ3) is 3.52. The maximum atomic E-state index is 12.0. The lowest BCUT2D eigenvalue weighted by Crippen LogP contribution is -2.39. The summed E-state index contributed by atoms with van der Waals surface area (Å²) in [4.78, 5) is 14.9. The summed E-state index contributed by atoms with van der Waals surface area (Å²) in [5, 5.41) is 0. The lowest BCUT2D eigenvalue weighted by molar-refractivity contribution is 0.0402. The number of nitrogens with zero attached hydrogens (tertiary/aromatic N) is 1. The molecule has 0 saturated carbocycles. The van der Waals surface area contributed by atoms with Crippen LogP contribution in [0.4, 0.5) is 0 Å². The van der Waals surface area contributed by atoms with Gasteiger partial charge in [-0.2, -0.15) is 0 Å². The van der Waals surface area contributed by atoms with E-state index < -0.39 is 0 Å². The normalized spacial score (nSPS) is 18.5. The number of ether oxygens (including phenoxy) is 1. The first-order valence-electron chi connectivity index (χ1n) is 5.72. The molecule has 0 unspecified atom stereocenters. The molecule has 0 aliphatic carbocycles. The molecule has 1 saturated heterocycles. The minimum atomic E-state index is 0.165. The van der Waals surface area contributed by atoms with Gasteiger partial charge >= 0.3 is 0 Å². The number of ketones is 1. The lowest BCUT2D eigenvalue weighted by Gasteiger charge is -2.30. The van der Waals surface area contributed by atoms with Crippen molar-refractivity contribution in [3.63, 3.8) is 0 Å². The third-order valence-corrected chi connectivity index (χ3v) is 4.36. The van der Waals surface area contributed by atoms with Crippen molar-refractivity contribution in [2.24, 2.45) is 0 Å². The Morgan fingerprint density at radius 3 is 2.76 bits per heavy atom. The average Bonchev–Trinajstić information content (AvgIpc) is 2.77. The first-order valence-corrected chi connectivity index (χ1v) is 6.92. The van der Waals surface area contributed by atoms with Crippen LogP contribution < -0.4 is 0 Å². The number of Topliss-reactive ketones (excluding diaryl/α,β-unsaturated/α-hetero) is 1. The van der Waals surface area contributed by atoms with Crippen LogP contribution in [0.3, 0.4) is 0 Å². The van der Waals surface area contributed by atoms with Crippen molar-refractivity contribution >= 4 is 28.7 Å². The maximum Gasteiger partial charge on any atom is 0.186 e. The molecule has 0 spiro atoms.